The van der Waals surface area contributed by atoms with Crippen LogP contribution in [0.25, 0.3) is 0 Å². The van der Waals surface area contributed by atoms with Gasteiger partial charge in [0.2, 0.25) is 0 Å². The maximum atomic E-state index is 9.75. The summed E-state index contributed by atoms with van der Waals surface area (Å²) < 4.78 is 11.2. The van der Waals surface area contributed by atoms with E-state index in [0.717, 1.165) is 77.7 Å². The molecule has 9 heteroatoms. The lowest BCUT2D eigenvalue weighted by Crippen LogP contribution is -2.38. The maximum Gasteiger partial charge on any atom is 0.290 e. The summed E-state index contributed by atoms with van der Waals surface area (Å²) in [6, 6.07) is 8.56. The fraction of sp³-hybridized carbons (Fsp3) is 0.636. The van der Waals surface area contributed by atoms with E-state index < -0.39 is 0 Å². The zero-order chi connectivity index (χ0) is 22.5. The van der Waals surface area contributed by atoms with Crippen LogP contribution in [-0.4, -0.2) is 96.7 Å². The molecule has 0 amide bonds. The van der Waals surface area contributed by atoms with E-state index in [-0.39, 0.29) is 19.0 Å². The molecule has 0 radical (unpaired) electrons. The Balaban J connectivity index is 0.000000513. The van der Waals surface area contributed by atoms with Gasteiger partial charge < -0.3 is 24.8 Å². The minimum Gasteiger partial charge on any atom is -0.492 e. The molecule has 1 unspecified atom stereocenters. The molecule has 0 bridgehead atoms. The predicted octanol–water partition coefficient (Wildman–Crippen LogP) is 1.00. The Bertz CT molecular complexity index is 617. The number of rotatable bonds is 6. The quantitative estimate of drug-likeness (QED) is 0.559. The first-order valence-corrected chi connectivity index (χ1v) is 10.7. The first-order chi connectivity index (χ1) is 15.1. The summed E-state index contributed by atoms with van der Waals surface area (Å²) >= 11 is 0. The smallest absolute Gasteiger partial charge is 0.290 e. The number of fused-ring (bicyclic) bond motifs is 1. The van der Waals surface area contributed by atoms with Crippen molar-refractivity contribution < 1.29 is 34.4 Å². The number of aliphatic hydroxyl groups is 1. The van der Waals surface area contributed by atoms with E-state index in [1.54, 1.807) is 0 Å². The van der Waals surface area contributed by atoms with Crippen LogP contribution in [0.1, 0.15) is 18.4 Å². The second-order valence-electron chi connectivity index (χ2n) is 8.00. The van der Waals surface area contributed by atoms with Gasteiger partial charge in [0.25, 0.3) is 12.9 Å². The van der Waals surface area contributed by atoms with Gasteiger partial charge in [-0.05, 0) is 42.4 Å². The lowest BCUT2D eigenvalue weighted by Gasteiger charge is -2.26. The SMILES string of the molecule is O=CO.O=CO.OC1C[C@@H]2CN(Cc3ccc(OCCN4CCOCC4)cc3)C[C@@H]2C1. The van der Waals surface area contributed by atoms with Gasteiger partial charge in [-0.3, -0.25) is 19.4 Å². The summed E-state index contributed by atoms with van der Waals surface area (Å²) in [5, 5.41) is 23.5. The summed E-state index contributed by atoms with van der Waals surface area (Å²) in [5.41, 5.74) is 1.35. The minimum atomic E-state index is -0.250. The van der Waals surface area contributed by atoms with Crippen molar-refractivity contribution in [2.45, 2.75) is 25.5 Å². The van der Waals surface area contributed by atoms with Crippen LogP contribution >= 0.6 is 0 Å². The molecule has 31 heavy (non-hydrogen) atoms. The largest absolute Gasteiger partial charge is 0.492 e. The summed E-state index contributed by atoms with van der Waals surface area (Å²) in [6.07, 6.45) is 1.94. The molecule has 1 aromatic carbocycles. The zero-order valence-electron chi connectivity index (χ0n) is 17.8. The molecule has 9 nitrogen and oxygen atoms in total. The number of likely N-dealkylation sites (tertiary alicyclic amines) is 1. The van der Waals surface area contributed by atoms with E-state index in [1.165, 1.54) is 5.56 Å². The molecule has 2 aliphatic heterocycles. The van der Waals surface area contributed by atoms with Crippen molar-refractivity contribution in [2.75, 3.05) is 52.5 Å². The van der Waals surface area contributed by atoms with Crippen LogP contribution in [0.4, 0.5) is 0 Å². The lowest BCUT2D eigenvalue weighted by molar-refractivity contribution is -0.123. The Morgan fingerprint density at radius 2 is 1.52 bits per heavy atom. The molecule has 1 saturated carbocycles. The van der Waals surface area contributed by atoms with Gasteiger partial charge in [-0.2, -0.15) is 0 Å². The van der Waals surface area contributed by atoms with Crippen molar-refractivity contribution in [2.24, 2.45) is 11.8 Å². The molecular formula is C22H34N2O7. The van der Waals surface area contributed by atoms with Crippen LogP contribution in [0, 0.1) is 11.8 Å². The normalized spacial score (nSPS) is 25.4. The third-order valence-corrected chi connectivity index (χ3v) is 5.91. The average molecular weight is 439 g/mol. The molecule has 1 aliphatic carbocycles. The van der Waals surface area contributed by atoms with E-state index in [1.807, 2.05) is 0 Å². The van der Waals surface area contributed by atoms with Crippen LogP contribution in [-0.2, 0) is 20.9 Å². The van der Waals surface area contributed by atoms with Crippen LogP contribution in [0.5, 0.6) is 5.75 Å². The Hall–Kier alpha value is -2.20. The summed E-state index contributed by atoms with van der Waals surface area (Å²) in [4.78, 5) is 21.6. The average Bonchev–Trinajstić information content (AvgIpc) is 3.28. The van der Waals surface area contributed by atoms with Crippen molar-refractivity contribution in [1.29, 1.82) is 0 Å². The highest BCUT2D eigenvalue weighted by atomic mass is 16.5. The second kappa shape index (κ2) is 14.0. The number of hydrogen-bond donors (Lipinski definition) is 3. The first kappa shape index (κ1) is 25.1. The molecule has 2 saturated heterocycles. The van der Waals surface area contributed by atoms with Crippen LogP contribution in [0.3, 0.4) is 0 Å². The van der Waals surface area contributed by atoms with E-state index in [2.05, 4.69) is 34.1 Å². The number of carbonyl (C=O) groups is 2. The number of aliphatic hydroxyl groups excluding tert-OH is 1. The zero-order valence-corrected chi connectivity index (χ0v) is 17.8. The Kier molecular flexibility index (Phi) is 11.3. The monoisotopic (exact) mass is 438 g/mol. The summed E-state index contributed by atoms with van der Waals surface area (Å²) in [6.45, 7) is 8.19. The van der Waals surface area contributed by atoms with Crippen molar-refractivity contribution in [3.8, 4) is 5.75 Å². The molecule has 2 heterocycles. The highest BCUT2D eigenvalue weighted by molar-refractivity contribution is 5.33. The summed E-state index contributed by atoms with van der Waals surface area (Å²) in [7, 11) is 0. The number of morpholine rings is 1. The highest BCUT2D eigenvalue weighted by Crippen LogP contribution is 2.38. The van der Waals surface area contributed by atoms with Gasteiger partial charge in [0, 0.05) is 39.3 Å². The molecule has 3 aliphatic rings. The van der Waals surface area contributed by atoms with Gasteiger partial charge in [0.15, 0.2) is 0 Å². The van der Waals surface area contributed by atoms with Gasteiger partial charge in [0.05, 0.1) is 19.3 Å². The van der Waals surface area contributed by atoms with E-state index in [4.69, 9.17) is 29.3 Å². The molecular weight excluding hydrogens is 404 g/mol. The predicted molar refractivity (Wildman–Crippen MR) is 114 cm³/mol. The van der Waals surface area contributed by atoms with Gasteiger partial charge in [-0.25, -0.2) is 0 Å². The molecule has 3 N–H and O–H groups in total. The summed E-state index contributed by atoms with van der Waals surface area (Å²) in [5.74, 6) is 2.37. The van der Waals surface area contributed by atoms with Crippen LogP contribution in [0.2, 0.25) is 0 Å². The molecule has 0 spiro atoms. The van der Waals surface area contributed by atoms with Crippen molar-refractivity contribution in [3.63, 3.8) is 0 Å². The topological polar surface area (TPSA) is 120 Å². The number of benzene rings is 1. The third-order valence-electron chi connectivity index (χ3n) is 5.91. The minimum absolute atomic E-state index is 0.0500. The van der Waals surface area contributed by atoms with Gasteiger partial charge >= 0.3 is 0 Å². The van der Waals surface area contributed by atoms with E-state index >= 15 is 0 Å². The Morgan fingerprint density at radius 3 is 2.06 bits per heavy atom. The molecule has 1 aromatic rings. The number of carboxylic acid groups (broad SMARTS) is 2. The molecule has 3 fully saturated rings. The van der Waals surface area contributed by atoms with Crippen LogP contribution in [0.15, 0.2) is 24.3 Å². The van der Waals surface area contributed by atoms with Crippen LogP contribution < -0.4 is 4.74 Å². The number of hydrogen-bond acceptors (Lipinski definition) is 7. The van der Waals surface area contributed by atoms with Crippen molar-refractivity contribution in [1.82, 2.24) is 9.80 Å². The van der Waals surface area contributed by atoms with E-state index in [0.29, 0.717) is 11.8 Å². The van der Waals surface area contributed by atoms with Crippen molar-refractivity contribution in [3.05, 3.63) is 29.8 Å². The third kappa shape index (κ3) is 8.82. The second-order valence-corrected chi connectivity index (χ2v) is 8.00. The van der Waals surface area contributed by atoms with Gasteiger partial charge in [-0.15, -0.1) is 0 Å². The molecule has 3 atom stereocenters. The van der Waals surface area contributed by atoms with E-state index in [9.17, 15) is 5.11 Å². The molecule has 0 aromatic heterocycles. The molecule has 174 valence electrons. The lowest BCUT2D eigenvalue weighted by atomic mass is 10.0. The Morgan fingerprint density at radius 1 is 0.968 bits per heavy atom. The fourth-order valence-electron chi connectivity index (χ4n) is 4.56. The number of ether oxygens (including phenoxy) is 2. The van der Waals surface area contributed by atoms with Gasteiger partial charge in [-0.1, -0.05) is 12.1 Å². The number of nitrogens with zero attached hydrogens (tertiary/aromatic N) is 2. The Labute approximate surface area is 183 Å². The maximum absolute atomic E-state index is 9.75. The highest BCUT2D eigenvalue weighted by Gasteiger charge is 2.39. The van der Waals surface area contributed by atoms with Gasteiger partial charge in [0.1, 0.15) is 12.4 Å². The molecule has 4 rings (SSSR count). The first-order valence-electron chi connectivity index (χ1n) is 10.7. The van der Waals surface area contributed by atoms with Crippen molar-refractivity contribution >= 4 is 12.9 Å². The fourth-order valence-corrected chi connectivity index (χ4v) is 4.56. The standard InChI is InChI=1S/C20H30N2O3.2CH2O2/c23-19-11-17-14-22(15-18(17)12-19)13-16-1-3-20(4-2-16)25-10-7-21-5-8-24-9-6-21;2*2-1-3/h1-4,17-19,23H,5-15H2;2*1H,(H,2,3)/t17-,18+,19?;;.